The Labute approximate surface area is 135 Å². The van der Waals surface area contributed by atoms with Crippen LogP contribution >= 0.6 is 0 Å². The normalized spacial score (nSPS) is 31.8. The first-order chi connectivity index (χ1) is 10.2. The van der Waals surface area contributed by atoms with E-state index in [1.807, 2.05) is 20.8 Å². The molecule has 22 heavy (non-hydrogen) atoms. The number of hydrogen-bond donors (Lipinski definition) is 2. The third-order valence-corrected chi connectivity index (χ3v) is 5.09. The number of rotatable bonds is 3. The average Bonchev–Trinajstić information content (AvgIpc) is 2.66. The Bertz CT molecular complexity index is 387. The zero-order valence-electron chi connectivity index (χ0n) is 15.0. The third kappa shape index (κ3) is 5.15. The molecule has 0 saturated heterocycles. The molecule has 0 aliphatic heterocycles. The van der Waals surface area contributed by atoms with Crippen molar-refractivity contribution in [2.45, 2.75) is 103 Å². The van der Waals surface area contributed by atoms with E-state index in [1.54, 1.807) is 0 Å². The summed E-state index contributed by atoms with van der Waals surface area (Å²) in [5, 5.41) is 6.92. The number of nitrogens with one attached hydrogen (secondary N) is 2. The molecule has 0 aromatic heterocycles. The lowest BCUT2D eigenvalue weighted by Crippen LogP contribution is -2.50. The number of amides is 1. The molecular formula is C18H34N2O2. The van der Waals surface area contributed by atoms with E-state index in [0.717, 1.165) is 12.8 Å². The Morgan fingerprint density at radius 3 is 2.36 bits per heavy atom. The monoisotopic (exact) mass is 310 g/mol. The Hall–Kier alpha value is -0.770. The summed E-state index contributed by atoms with van der Waals surface area (Å²) in [6, 6.07) is 1.39. The van der Waals surface area contributed by atoms with Crippen LogP contribution in [-0.4, -0.2) is 29.8 Å². The van der Waals surface area contributed by atoms with Gasteiger partial charge >= 0.3 is 6.09 Å². The van der Waals surface area contributed by atoms with Crippen molar-refractivity contribution in [2.24, 2.45) is 5.41 Å². The zero-order chi connectivity index (χ0) is 16.4. The van der Waals surface area contributed by atoms with E-state index >= 15 is 0 Å². The molecule has 0 radical (unpaired) electrons. The Morgan fingerprint density at radius 2 is 1.77 bits per heavy atom. The molecule has 0 aromatic carbocycles. The molecule has 3 unspecified atom stereocenters. The summed E-state index contributed by atoms with van der Waals surface area (Å²) in [6.07, 6.45) is 8.13. The fraction of sp³-hybridized carbons (Fsp3) is 0.944. The van der Waals surface area contributed by atoms with Gasteiger partial charge in [0, 0.05) is 18.1 Å². The van der Waals surface area contributed by atoms with Gasteiger partial charge in [0.1, 0.15) is 5.60 Å². The fourth-order valence-corrected chi connectivity index (χ4v) is 3.87. The molecule has 4 heteroatoms. The molecule has 3 atom stereocenters. The summed E-state index contributed by atoms with van der Waals surface area (Å²) in [6.45, 7) is 10.5. The topological polar surface area (TPSA) is 50.4 Å². The molecule has 0 spiro atoms. The van der Waals surface area contributed by atoms with Crippen LogP contribution in [-0.2, 0) is 4.74 Å². The van der Waals surface area contributed by atoms with Gasteiger partial charge in [0.15, 0.2) is 0 Å². The van der Waals surface area contributed by atoms with Crippen molar-refractivity contribution in [1.82, 2.24) is 10.6 Å². The minimum Gasteiger partial charge on any atom is -0.444 e. The van der Waals surface area contributed by atoms with Gasteiger partial charge in [0.2, 0.25) is 0 Å². The average molecular weight is 310 g/mol. The first-order valence-electron chi connectivity index (χ1n) is 8.91. The number of ether oxygens (including phenoxy) is 1. The van der Waals surface area contributed by atoms with Crippen molar-refractivity contribution in [3.05, 3.63) is 0 Å². The highest BCUT2D eigenvalue weighted by Gasteiger charge is 2.36. The summed E-state index contributed by atoms with van der Waals surface area (Å²) < 4.78 is 5.37. The molecule has 1 amide bonds. The van der Waals surface area contributed by atoms with Crippen LogP contribution in [0.25, 0.3) is 0 Å². The highest BCUT2D eigenvalue weighted by atomic mass is 16.6. The predicted molar refractivity (Wildman–Crippen MR) is 90.0 cm³/mol. The maximum absolute atomic E-state index is 11.9. The molecule has 2 saturated carbocycles. The van der Waals surface area contributed by atoms with Crippen LogP contribution in [0.2, 0.25) is 0 Å². The maximum atomic E-state index is 11.9. The molecule has 2 aliphatic carbocycles. The summed E-state index contributed by atoms with van der Waals surface area (Å²) in [7, 11) is 0. The van der Waals surface area contributed by atoms with Gasteiger partial charge in [-0.25, -0.2) is 4.79 Å². The second kappa shape index (κ2) is 6.77. The van der Waals surface area contributed by atoms with Crippen molar-refractivity contribution < 1.29 is 9.53 Å². The minimum absolute atomic E-state index is 0.241. The first kappa shape index (κ1) is 17.6. The smallest absolute Gasteiger partial charge is 0.407 e. The van der Waals surface area contributed by atoms with E-state index in [2.05, 4.69) is 24.5 Å². The van der Waals surface area contributed by atoms with Crippen molar-refractivity contribution >= 4 is 6.09 Å². The molecule has 0 aromatic rings. The van der Waals surface area contributed by atoms with E-state index in [4.69, 9.17) is 4.74 Å². The van der Waals surface area contributed by atoms with E-state index < -0.39 is 5.60 Å². The van der Waals surface area contributed by atoms with Crippen LogP contribution in [0.5, 0.6) is 0 Å². The number of carbonyl (C=O) groups is 1. The van der Waals surface area contributed by atoms with E-state index in [1.165, 1.54) is 32.1 Å². The van der Waals surface area contributed by atoms with Gasteiger partial charge in [-0.3, -0.25) is 0 Å². The summed E-state index contributed by atoms with van der Waals surface area (Å²) in [5.41, 5.74) is -0.0180. The van der Waals surface area contributed by atoms with Crippen LogP contribution in [0.1, 0.15) is 79.6 Å². The van der Waals surface area contributed by atoms with E-state index in [0.29, 0.717) is 17.5 Å². The zero-order valence-corrected chi connectivity index (χ0v) is 15.0. The fourth-order valence-electron chi connectivity index (χ4n) is 3.87. The lowest BCUT2D eigenvalue weighted by Gasteiger charge is -2.36. The highest BCUT2D eigenvalue weighted by molar-refractivity contribution is 5.68. The molecular weight excluding hydrogens is 276 g/mol. The number of alkyl carbamates (subject to hydrolysis) is 1. The quantitative estimate of drug-likeness (QED) is 0.828. The third-order valence-electron chi connectivity index (χ3n) is 5.09. The number of hydrogen-bond acceptors (Lipinski definition) is 3. The van der Waals surface area contributed by atoms with Gasteiger partial charge in [0.05, 0.1) is 0 Å². The second-order valence-electron chi connectivity index (χ2n) is 8.81. The molecule has 2 N–H and O–H groups in total. The Morgan fingerprint density at radius 1 is 1.09 bits per heavy atom. The van der Waals surface area contributed by atoms with Crippen molar-refractivity contribution in [3.8, 4) is 0 Å². The van der Waals surface area contributed by atoms with Crippen LogP contribution in [0, 0.1) is 5.41 Å². The first-order valence-corrected chi connectivity index (χ1v) is 8.91. The van der Waals surface area contributed by atoms with Gasteiger partial charge < -0.3 is 15.4 Å². The van der Waals surface area contributed by atoms with Gasteiger partial charge in [-0.05, 0) is 64.7 Å². The van der Waals surface area contributed by atoms with Gasteiger partial charge in [-0.2, -0.15) is 0 Å². The minimum atomic E-state index is -0.426. The number of carbonyl (C=O) groups excluding carboxylic acids is 1. The van der Waals surface area contributed by atoms with Crippen molar-refractivity contribution in [2.75, 3.05) is 0 Å². The SMILES string of the molecule is CC(C)(C)OC(=O)NC1CCCC(NC2CCCC2(C)C)C1. The van der Waals surface area contributed by atoms with E-state index in [9.17, 15) is 4.79 Å². The van der Waals surface area contributed by atoms with Crippen molar-refractivity contribution in [3.63, 3.8) is 0 Å². The molecule has 128 valence electrons. The predicted octanol–water partition coefficient (Wildman–Crippen LogP) is 3.99. The molecule has 2 aliphatic rings. The summed E-state index contributed by atoms with van der Waals surface area (Å²) in [4.78, 5) is 11.9. The molecule has 4 nitrogen and oxygen atoms in total. The van der Waals surface area contributed by atoms with Crippen LogP contribution in [0.3, 0.4) is 0 Å². The van der Waals surface area contributed by atoms with Crippen LogP contribution < -0.4 is 10.6 Å². The van der Waals surface area contributed by atoms with Gasteiger partial charge in [-0.15, -0.1) is 0 Å². The molecule has 2 rings (SSSR count). The van der Waals surface area contributed by atoms with Crippen molar-refractivity contribution in [1.29, 1.82) is 0 Å². The highest BCUT2D eigenvalue weighted by Crippen LogP contribution is 2.38. The lowest BCUT2D eigenvalue weighted by molar-refractivity contribution is 0.0486. The summed E-state index contributed by atoms with van der Waals surface area (Å²) in [5.74, 6) is 0. The van der Waals surface area contributed by atoms with Gasteiger partial charge in [-0.1, -0.05) is 20.3 Å². The summed E-state index contributed by atoms with van der Waals surface area (Å²) >= 11 is 0. The lowest BCUT2D eigenvalue weighted by atomic mass is 9.84. The molecule has 0 bridgehead atoms. The molecule has 2 fully saturated rings. The molecule has 0 heterocycles. The van der Waals surface area contributed by atoms with Crippen LogP contribution in [0.15, 0.2) is 0 Å². The van der Waals surface area contributed by atoms with Crippen LogP contribution in [0.4, 0.5) is 4.79 Å². The Kier molecular flexibility index (Phi) is 5.41. The largest absolute Gasteiger partial charge is 0.444 e. The Balaban J connectivity index is 1.80. The van der Waals surface area contributed by atoms with E-state index in [-0.39, 0.29) is 12.1 Å². The standard InChI is InChI=1S/C18H34N2O2/c1-17(2,3)22-16(21)20-14-9-6-8-13(12-14)19-15-10-7-11-18(15,4)5/h13-15,19H,6-12H2,1-5H3,(H,20,21). The van der Waals surface area contributed by atoms with Gasteiger partial charge in [0.25, 0.3) is 0 Å². The second-order valence-corrected chi connectivity index (χ2v) is 8.81. The maximum Gasteiger partial charge on any atom is 0.407 e.